The Morgan fingerprint density at radius 3 is 2.36 bits per heavy atom. The zero-order valence-corrected chi connectivity index (χ0v) is 13.9. The smallest absolute Gasteiger partial charge is 0.230 e. The molecule has 0 bridgehead atoms. The van der Waals surface area contributed by atoms with E-state index < -0.39 is 9.84 Å². The molecule has 0 saturated heterocycles. The Bertz CT molecular complexity index is 708. The average Bonchev–Trinajstić information content (AvgIpc) is 2.89. The van der Waals surface area contributed by atoms with Gasteiger partial charge in [0.25, 0.3) is 0 Å². The van der Waals surface area contributed by atoms with Gasteiger partial charge in [-0.25, -0.2) is 8.42 Å². The quantitative estimate of drug-likeness (QED) is 0.775. The third-order valence-electron chi connectivity index (χ3n) is 3.43. The van der Waals surface area contributed by atoms with Crippen LogP contribution < -0.4 is 0 Å². The third-order valence-corrected chi connectivity index (χ3v) is 5.14. The fourth-order valence-electron chi connectivity index (χ4n) is 2.05. The van der Waals surface area contributed by atoms with Gasteiger partial charge in [-0.05, 0) is 25.6 Å². The van der Waals surface area contributed by atoms with Crippen molar-refractivity contribution in [3.63, 3.8) is 0 Å². The summed E-state index contributed by atoms with van der Waals surface area (Å²) in [5.74, 6) is 1.09. The van der Waals surface area contributed by atoms with Crippen LogP contribution in [-0.2, 0) is 16.4 Å². The number of hydrogen-bond donors (Lipinski definition) is 0. The van der Waals surface area contributed by atoms with Gasteiger partial charge < -0.3 is 4.42 Å². The van der Waals surface area contributed by atoms with Crippen LogP contribution in [0.4, 0.5) is 0 Å². The van der Waals surface area contributed by atoms with Gasteiger partial charge in [-0.2, -0.15) is 0 Å². The second-order valence-corrected chi connectivity index (χ2v) is 7.32. The van der Waals surface area contributed by atoms with E-state index in [1.165, 1.54) is 0 Å². The summed E-state index contributed by atoms with van der Waals surface area (Å²) < 4.78 is 30.0. The van der Waals surface area contributed by atoms with Gasteiger partial charge in [-0.3, -0.25) is 4.90 Å². The molecule has 2 aromatic rings. The van der Waals surface area contributed by atoms with Crippen LogP contribution in [0.1, 0.15) is 24.3 Å². The van der Waals surface area contributed by atoms with Gasteiger partial charge in [0.2, 0.25) is 11.8 Å². The first-order valence-corrected chi connectivity index (χ1v) is 8.86. The number of hydrogen-bond acceptors (Lipinski definition) is 6. The van der Waals surface area contributed by atoms with Crippen LogP contribution in [0, 0.1) is 13.8 Å². The first-order chi connectivity index (χ1) is 10.4. The number of nitrogens with zero attached hydrogens (tertiary/aromatic N) is 3. The molecule has 0 saturated carbocycles. The van der Waals surface area contributed by atoms with Crippen molar-refractivity contribution in [3.8, 4) is 0 Å². The molecule has 1 aromatic carbocycles. The highest BCUT2D eigenvalue weighted by Crippen LogP contribution is 2.13. The van der Waals surface area contributed by atoms with Gasteiger partial charge in [0.1, 0.15) is 0 Å². The normalized spacial score (nSPS) is 12.0. The number of sulfone groups is 1. The van der Waals surface area contributed by atoms with Gasteiger partial charge in [-0.15, -0.1) is 10.2 Å². The van der Waals surface area contributed by atoms with Crippen LogP contribution in [0.15, 0.2) is 33.6 Å². The molecular weight excluding hydrogens is 302 g/mol. The average molecular weight is 323 g/mol. The summed E-state index contributed by atoms with van der Waals surface area (Å²) in [6.07, 6.45) is 0. The third kappa shape index (κ3) is 4.38. The van der Waals surface area contributed by atoms with Crippen LogP contribution in [-0.4, -0.2) is 42.4 Å². The molecule has 0 spiro atoms. The summed E-state index contributed by atoms with van der Waals surface area (Å²) in [6, 6.07) is 6.93. The predicted octanol–water partition coefficient (Wildman–Crippen LogP) is 1.98. The molecule has 6 nitrogen and oxygen atoms in total. The molecule has 0 amide bonds. The minimum atomic E-state index is -3.28. The van der Waals surface area contributed by atoms with Crippen molar-refractivity contribution in [1.29, 1.82) is 0 Å². The molecule has 0 unspecified atom stereocenters. The van der Waals surface area contributed by atoms with Crippen molar-refractivity contribution in [2.75, 3.05) is 18.8 Å². The standard InChI is InChI=1S/C15H21N3O3S/c1-4-18(11-15-17-16-13(3)21-15)9-10-22(19,20)14-7-5-12(2)6-8-14/h5-8H,4,9-11H2,1-3H3. The molecule has 0 aliphatic carbocycles. The van der Waals surface area contributed by atoms with Crippen molar-refractivity contribution in [3.05, 3.63) is 41.6 Å². The van der Waals surface area contributed by atoms with E-state index >= 15 is 0 Å². The van der Waals surface area contributed by atoms with Crippen molar-refractivity contribution in [2.24, 2.45) is 0 Å². The molecule has 2 rings (SSSR count). The van der Waals surface area contributed by atoms with Crippen molar-refractivity contribution in [2.45, 2.75) is 32.2 Å². The summed E-state index contributed by atoms with van der Waals surface area (Å²) in [5.41, 5.74) is 1.04. The molecule has 22 heavy (non-hydrogen) atoms. The number of aryl methyl sites for hydroxylation is 2. The van der Waals surface area contributed by atoms with Crippen LogP contribution >= 0.6 is 0 Å². The highest BCUT2D eigenvalue weighted by atomic mass is 32.2. The lowest BCUT2D eigenvalue weighted by Crippen LogP contribution is -2.29. The lowest BCUT2D eigenvalue weighted by Gasteiger charge is -2.18. The lowest BCUT2D eigenvalue weighted by molar-refractivity contribution is 0.261. The second kappa shape index (κ2) is 7.02. The van der Waals surface area contributed by atoms with Gasteiger partial charge >= 0.3 is 0 Å². The van der Waals surface area contributed by atoms with E-state index in [4.69, 9.17) is 4.42 Å². The maximum absolute atomic E-state index is 12.3. The van der Waals surface area contributed by atoms with E-state index in [-0.39, 0.29) is 5.75 Å². The van der Waals surface area contributed by atoms with E-state index in [9.17, 15) is 8.42 Å². The molecule has 1 aromatic heterocycles. The molecule has 120 valence electrons. The molecule has 0 aliphatic heterocycles. The summed E-state index contributed by atoms with van der Waals surface area (Å²) in [6.45, 7) is 7.23. The minimum absolute atomic E-state index is 0.0665. The Morgan fingerprint density at radius 2 is 1.82 bits per heavy atom. The second-order valence-electron chi connectivity index (χ2n) is 5.22. The molecule has 0 N–H and O–H groups in total. The highest BCUT2D eigenvalue weighted by Gasteiger charge is 2.17. The van der Waals surface area contributed by atoms with E-state index in [2.05, 4.69) is 10.2 Å². The maximum atomic E-state index is 12.3. The molecule has 1 heterocycles. The van der Waals surface area contributed by atoms with E-state index in [0.29, 0.717) is 36.3 Å². The van der Waals surface area contributed by atoms with Crippen molar-refractivity contribution < 1.29 is 12.8 Å². The molecule has 0 aliphatic rings. The Kier molecular flexibility index (Phi) is 5.31. The maximum Gasteiger partial charge on any atom is 0.230 e. The van der Waals surface area contributed by atoms with Crippen LogP contribution in [0.25, 0.3) is 0 Å². The van der Waals surface area contributed by atoms with E-state index in [0.717, 1.165) is 5.56 Å². The molecular formula is C15H21N3O3S. The Hall–Kier alpha value is -1.73. The molecule has 7 heteroatoms. The first-order valence-electron chi connectivity index (χ1n) is 7.21. The number of aromatic nitrogens is 2. The predicted molar refractivity (Wildman–Crippen MR) is 83.2 cm³/mol. The Morgan fingerprint density at radius 1 is 1.14 bits per heavy atom. The van der Waals surface area contributed by atoms with Crippen molar-refractivity contribution >= 4 is 9.84 Å². The number of benzene rings is 1. The van der Waals surface area contributed by atoms with E-state index in [1.54, 1.807) is 19.1 Å². The fraction of sp³-hybridized carbons (Fsp3) is 0.467. The van der Waals surface area contributed by atoms with Crippen LogP contribution in [0.2, 0.25) is 0 Å². The van der Waals surface area contributed by atoms with Crippen molar-refractivity contribution in [1.82, 2.24) is 15.1 Å². The Balaban J connectivity index is 1.98. The summed E-state index contributed by atoms with van der Waals surface area (Å²) in [7, 11) is -3.28. The zero-order valence-electron chi connectivity index (χ0n) is 13.1. The molecule has 0 radical (unpaired) electrons. The highest BCUT2D eigenvalue weighted by molar-refractivity contribution is 7.91. The van der Waals surface area contributed by atoms with Gasteiger partial charge in [-0.1, -0.05) is 24.6 Å². The summed E-state index contributed by atoms with van der Waals surface area (Å²) in [5, 5.41) is 7.72. The minimum Gasteiger partial charge on any atom is -0.424 e. The van der Waals surface area contributed by atoms with E-state index in [1.807, 2.05) is 30.9 Å². The fourth-order valence-corrected chi connectivity index (χ4v) is 3.34. The van der Waals surface area contributed by atoms with Gasteiger partial charge in [0.15, 0.2) is 9.84 Å². The topological polar surface area (TPSA) is 76.3 Å². The van der Waals surface area contributed by atoms with Gasteiger partial charge in [0.05, 0.1) is 17.2 Å². The zero-order chi connectivity index (χ0) is 16.2. The first kappa shape index (κ1) is 16.6. The SMILES string of the molecule is CCN(CCS(=O)(=O)c1ccc(C)cc1)Cc1nnc(C)o1. The van der Waals surface area contributed by atoms with Crippen LogP contribution in [0.3, 0.4) is 0 Å². The summed E-state index contributed by atoms with van der Waals surface area (Å²) >= 11 is 0. The monoisotopic (exact) mass is 323 g/mol. The number of rotatable bonds is 7. The summed E-state index contributed by atoms with van der Waals surface area (Å²) in [4.78, 5) is 2.33. The molecule has 0 fully saturated rings. The van der Waals surface area contributed by atoms with Crippen LogP contribution in [0.5, 0.6) is 0 Å². The van der Waals surface area contributed by atoms with Gasteiger partial charge in [0, 0.05) is 13.5 Å². The molecule has 0 atom stereocenters. The Labute approximate surface area is 131 Å². The largest absolute Gasteiger partial charge is 0.424 e. The lowest BCUT2D eigenvalue weighted by atomic mass is 10.2.